The van der Waals surface area contributed by atoms with E-state index in [2.05, 4.69) is 24.5 Å². The van der Waals surface area contributed by atoms with Crippen molar-refractivity contribution in [3.05, 3.63) is 0 Å². The fourth-order valence-electron chi connectivity index (χ4n) is 1.55. The second-order valence-corrected chi connectivity index (χ2v) is 3.95. The molecule has 0 atom stereocenters. The van der Waals surface area contributed by atoms with Gasteiger partial charge in [-0.1, -0.05) is 13.8 Å². The van der Waals surface area contributed by atoms with Crippen molar-refractivity contribution in [2.24, 2.45) is 5.73 Å². The van der Waals surface area contributed by atoms with Crippen molar-refractivity contribution >= 4 is 5.91 Å². The van der Waals surface area contributed by atoms with Gasteiger partial charge in [-0.3, -0.25) is 4.79 Å². The molecule has 0 spiro atoms. The summed E-state index contributed by atoms with van der Waals surface area (Å²) in [4.78, 5) is 11.6. The minimum absolute atomic E-state index is 0.111. The monoisotopic (exact) mass is 215 g/mol. The lowest BCUT2D eigenvalue weighted by atomic mass is 9.92. The molecule has 0 radical (unpaired) electrons. The fourth-order valence-corrected chi connectivity index (χ4v) is 1.55. The number of nitrogens with two attached hydrogens (primary N) is 1. The average Bonchev–Trinajstić information content (AvgIpc) is 2.26. The van der Waals surface area contributed by atoms with Gasteiger partial charge in [-0.25, -0.2) is 0 Å². The predicted molar refractivity (Wildman–Crippen MR) is 63.7 cm³/mol. The van der Waals surface area contributed by atoms with Crippen LogP contribution in [0.3, 0.4) is 0 Å². The van der Waals surface area contributed by atoms with Crippen LogP contribution in [0.15, 0.2) is 0 Å². The Morgan fingerprint density at radius 1 is 1.33 bits per heavy atom. The Bertz CT molecular complexity index is 170. The van der Waals surface area contributed by atoms with E-state index in [1.807, 2.05) is 7.05 Å². The Morgan fingerprint density at radius 3 is 2.33 bits per heavy atom. The van der Waals surface area contributed by atoms with E-state index >= 15 is 0 Å². The van der Waals surface area contributed by atoms with E-state index in [0.29, 0.717) is 13.0 Å². The highest BCUT2D eigenvalue weighted by atomic mass is 16.1. The molecule has 0 aromatic carbocycles. The van der Waals surface area contributed by atoms with E-state index in [4.69, 9.17) is 5.73 Å². The first-order valence-corrected chi connectivity index (χ1v) is 5.79. The minimum atomic E-state index is -0.198. The van der Waals surface area contributed by atoms with Gasteiger partial charge in [0.1, 0.15) is 0 Å². The lowest BCUT2D eigenvalue weighted by Gasteiger charge is -2.31. The Balaban J connectivity index is 4.00. The maximum atomic E-state index is 11.6. The molecule has 0 aliphatic heterocycles. The lowest BCUT2D eigenvalue weighted by Crippen LogP contribution is -2.52. The van der Waals surface area contributed by atoms with E-state index in [1.54, 1.807) is 0 Å². The molecule has 0 unspecified atom stereocenters. The van der Waals surface area contributed by atoms with Gasteiger partial charge in [-0.15, -0.1) is 0 Å². The van der Waals surface area contributed by atoms with Gasteiger partial charge in [0.15, 0.2) is 0 Å². The van der Waals surface area contributed by atoms with Crippen LogP contribution in [0.4, 0.5) is 0 Å². The molecular formula is C11H25N3O. The molecule has 4 nitrogen and oxygen atoms in total. The van der Waals surface area contributed by atoms with E-state index in [1.165, 1.54) is 0 Å². The summed E-state index contributed by atoms with van der Waals surface area (Å²) in [7, 11) is 1.89. The smallest absolute Gasteiger partial charge is 0.220 e. The molecular weight excluding hydrogens is 190 g/mol. The van der Waals surface area contributed by atoms with E-state index < -0.39 is 0 Å². The summed E-state index contributed by atoms with van der Waals surface area (Å²) in [6, 6.07) is 0. The molecule has 1 amide bonds. The molecule has 0 saturated carbocycles. The lowest BCUT2D eigenvalue weighted by molar-refractivity contribution is -0.123. The number of amides is 1. The maximum absolute atomic E-state index is 11.6. The normalized spacial score (nSPS) is 11.5. The third kappa shape index (κ3) is 5.14. The van der Waals surface area contributed by atoms with Crippen molar-refractivity contribution in [1.82, 2.24) is 10.6 Å². The first kappa shape index (κ1) is 14.4. The van der Waals surface area contributed by atoms with Crippen molar-refractivity contribution in [2.75, 3.05) is 20.1 Å². The van der Waals surface area contributed by atoms with Crippen LogP contribution < -0.4 is 16.4 Å². The highest BCUT2D eigenvalue weighted by Crippen LogP contribution is 2.13. The SMILES string of the molecule is CCC(CC)(CN)NC(=O)CCCNC. The van der Waals surface area contributed by atoms with Crippen molar-refractivity contribution in [3.63, 3.8) is 0 Å². The van der Waals surface area contributed by atoms with Gasteiger partial charge < -0.3 is 16.4 Å². The molecule has 0 heterocycles. The van der Waals surface area contributed by atoms with Crippen LogP contribution in [0.25, 0.3) is 0 Å². The zero-order valence-electron chi connectivity index (χ0n) is 10.2. The van der Waals surface area contributed by atoms with Gasteiger partial charge in [0.2, 0.25) is 5.91 Å². The molecule has 0 saturated heterocycles. The summed E-state index contributed by atoms with van der Waals surface area (Å²) >= 11 is 0. The number of carbonyl (C=O) groups excluding carboxylic acids is 1. The Morgan fingerprint density at radius 2 is 1.93 bits per heavy atom. The molecule has 0 aliphatic carbocycles. The second-order valence-electron chi connectivity index (χ2n) is 3.95. The zero-order valence-corrected chi connectivity index (χ0v) is 10.2. The first-order chi connectivity index (χ1) is 7.14. The number of rotatable bonds is 8. The third-order valence-electron chi connectivity index (χ3n) is 2.98. The number of hydrogen-bond acceptors (Lipinski definition) is 3. The van der Waals surface area contributed by atoms with Crippen LogP contribution in [0, 0.1) is 0 Å². The van der Waals surface area contributed by atoms with Gasteiger partial charge in [0, 0.05) is 13.0 Å². The summed E-state index contributed by atoms with van der Waals surface area (Å²) in [6.45, 7) is 5.51. The van der Waals surface area contributed by atoms with Crippen LogP contribution in [0.2, 0.25) is 0 Å². The Hall–Kier alpha value is -0.610. The van der Waals surface area contributed by atoms with Gasteiger partial charge in [0.25, 0.3) is 0 Å². The molecule has 15 heavy (non-hydrogen) atoms. The summed E-state index contributed by atoms with van der Waals surface area (Å²) in [6.07, 6.45) is 3.22. The topological polar surface area (TPSA) is 67.1 Å². The molecule has 0 rings (SSSR count). The summed E-state index contributed by atoms with van der Waals surface area (Å²) in [5.41, 5.74) is 5.51. The molecule has 0 aromatic heterocycles. The van der Waals surface area contributed by atoms with Crippen LogP contribution in [-0.2, 0) is 4.79 Å². The molecule has 0 fully saturated rings. The summed E-state index contributed by atoms with van der Waals surface area (Å²) in [5.74, 6) is 0.111. The zero-order chi connectivity index (χ0) is 11.7. The highest BCUT2D eigenvalue weighted by Gasteiger charge is 2.25. The van der Waals surface area contributed by atoms with Crippen LogP contribution in [0.5, 0.6) is 0 Å². The molecule has 4 heteroatoms. The third-order valence-corrected chi connectivity index (χ3v) is 2.98. The Labute approximate surface area is 93.0 Å². The second kappa shape index (κ2) is 7.65. The maximum Gasteiger partial charge on any atom is 0.220 e. The predicted octanol–water partition coefficient (Wildman–Crippen LogP) is 0.620. The summed E-state index contributed by atoms with van der Waals surface area (Å²) in [5, 5.41) is 6.07. The number of carbonyl (C=O) groups is 1. The van der Waals surface area contributed by atoms with E-state index in [-0.39, 0.29) is 11.4 Å². The van der Waals surface area contributed by atoms with Crippen LogP contribution >= 0.6 is 0 Å². The average molecular weight is 215 g/mol. The van der Waals surface area contributed by atoms with Crippen molar-refractivity contribution in [2.45, 2.75) is 45.1 Å². The van der Waals surface area contributed by atoms with E-state index in [9.17, 15) is 4.79 Å². The van der Waals surface area contributed by atoms with Gasteiger partial charge in [-0.05, 0) is 32.9 Å². The van der Waals surface area contributed by atoms with Crippen molar-refractivity contribution in [3.8, 4) is 0 Å². The standard InChI is InChI=1S/C11H25N3O/c1-4-11(5-2,9-12)14-10(15)7-6-8-13-3/h13H,4-9,12H2,1-3H3,(H,14,15). The molecule has 90 valence electrons. The first-order valence-electron chi connectivity index (χ1n) is 5.79. The van der Waals surface area contributed by atoms with Gasteiger partial charge in [0.05, 0.1) is 5.54 Å². The van der Waals surface area contributed by atoms with Crippen LogP contribution in [-0.4, -0.2) is 31.6 Å². The summed E-state index contributed by atoms with van der Waals surface area (Å²) < 4.78 is 0. The van der Waals surface area contributed by atoms with Gasteiger partial charge >= 0.3 is 0 Å². The Kier molecular flexibility index (Phi) is 7.34. The van der Waals surface area contributed by atoms with Crippen LogP contribution in [0.1, 0.15) is 39.5 Å². The number of nitrogens with one attached hydrogen (secondary N) is 2. The molecule has 0 aliphatic rings. The molecule has 0 bridgehead atoms. The molecule has 0 aromatic rings. The highest BCUT2D eigenvalue weighted by molar-refractivity contribution is 5.76. The van der Waals surface area contributed by atoms with Crippen molar-refractivity contribution in [1.29, 1.82) is 0 Å². The van der Waals surface area contributed by atoms with E-state index in [0.717, 1.165) is 25.8 Å². The minimum Gasteiger partial charge on any atom is -0.349 e. The van der Waals surface area contributed by atoms with Crippen molar-refractivity contribution < 1.29 is 4.79 Å². The molecule has 4 N–H and O–H groups in total. The number of hydrogen-bond donors (Lipinski definition) is 3. The fraction of sp³-hybridized carbons (Fsp3) is 0.909. The quantitative estimate of drug-likeness (QED) is 0.520. The van der Waals surface area contributed by atoms with Gasteiger partial charge in [-0.2, -0.15) is 0 Å². The largest absolute Gasteiger partial charge is 0.349 e.